The molecule has 0 fully saturated rings. The number of hydrogen-bond acceptors (Lipinski definition) is 6. The maximum absolute atomic E-state index is 12.5. The van der Waals surface area contributed by atoms with Crippen molar-refractivity contribution >= 4 is 21.4 Å². The largest absolute Gasteiger partial charge is 0.322 e. The Morgan fingerprint density at radius 2 is 1.92 bits per heavy atom. The van der Waals surface area contributed by atoms with Crippen LogP contribution in [0.2, 0.25) is 0 Å². The Hall–Kier alpha value is -3.07. The molecule has 0 atom stereocenters. The zero-order valence-electron chi connectivity index (χ0n) is 14.5. The molecule has 134 valence electrons. The van der Waals surface area contributed by atoms with E-state index in [0.717, 1.165) is 11.8 Å². The monoisotopic (exact) mass is 371 g/mol. The van der Waals surface area contributed by atoms with Gasteiger partial charge in [-0.05, 0) is 47.2 Å². The number of sulfone groups is 1. The molecule has 3 aromatic rings. The van der Waals surface area contributed by atoms with Gasteiger partial charge >= 0.3 is 0 Å². The molecule has 0 bridgehead atoms. The smallest absolute Gasteiger partial charge is 0.255 e. The molecule has 1 N–H and O–H groups in total. The molecule has 26 heavy (non-hydrogen) atoms. The van der Waals surface area contributed by atoms with Gasteiger partial charge in [-0.25, -0.2) is 13.1 Å². The van der Waals surface area contributed by atoms with Crippen LogP contribution in [0.25, 0.3) is 11.4 Å². The predicted molar refractivity (Wildman–Crippen MR) is 96.5 cm³/mol. The van der Waals surface area contributed by atoms with Gasteiger partial charge < -0.3 is 5.32 Å². The summed E-state index contributed by atoms with van der Waals surface area (Å²) in [6.45, 7) is 1.69. The van der Waals surface area contributed by atoms with Crippen LogP contribution in [0.5, 0.6) is 0 Å². The Morgan fingerprint density at radius 1 is 1.15 bits per heavy atom. The van der Waals surface area contributed by atoms with E-state index in [0.29, 0.717) is 17.1 Å². The molecule has 0 spiro atoms. The minimum Gasteiger partial charge on any atom is -0.322 e. The third kappa shape index (κ3) is 3.62. The second-order valence-corrected chi connectivity index (χ2v) is 7.90. The van der Waals surface area contributed by atoms with Crippen molar-refractivity contribution in [3.8, 4) is 11.4 Å². The van der Waals surface area contributed by atoms with Crippen LogP contribution in [-0.4, -0.2) is 40.8 Å². The Morgan fingerprint density at radius 3 is 2.58 bits per heavy atom. The van der Waals surface area contributed by atoms with Crippen molar-refractivity contribution < 1.29 is 13.2 Å². The average molecular weight is 371 g/mol. The first kappa shape index (κ1) is 17.7. The maximum Gasteiger partial charge on any atom is 0.255 e. The fraction of sp³-hybridized carbons (Fsp3) is 0.176. The van der Waals surface area contributed by atoms with E-state index < -0.39 is 15.7 Å². The van der Waals surface area contributed by atoms with Crippen LogP contribution in [0, 0.1) is 6.92 Å². The lowest BCUT2D eigenvalue weighted by Gasteiger charge is -2.09. The van der Waals surface area contributed by atoms with Crippen molar-refractivity contribution in [2.24, 2.45) is 7.05 Å². The normalized spacial score (nSPS) is 11.3. The lowest BCUT2D eigenvalue weighted by Crippen LogP contribution is -2.13. The van der Waals surface area contributed by atoms with Crippen molar-refractivity contribution in [2.75, 3.05) is 11.6 Å². The summed E-state index contributed by atoms with van der Waals surface area (Å²) in [6, 6.07) is 11.7. The summed E-state index contributed by atoms with van der Waals surface area (Å²) >= 11 is 0. The van der Waals surface area contributed by atoms with E-state index in [1.807, 2.05) is 6.07 Å². The third-order valence-electron chi connectivity index (χ3n) is 3.85. The molecule has 9 heteroatoms. The zero-order valence-corrected chi connectivity index (χ0v) is 15.3. The number of rotatable bonds is 4. The maximum atomic E-state index is 12.5. The van der Waals surface area contributed by atoms with Crippen molar-refractivity contribution in [1.29, 1.82) is 0 Å². The first-order valence-electron chi connectivity index (χ1n) is 7.70. The lowest BCUT2D eigenvalue weighted by molar-refractivity contribution is 0.102. The standard InChI is InChI=1S/C17H17N5O3S/c1-11-7-8-13(10-15(11)26(3,24)25)17(23)18-14-6-4-5-12(9-14)16-19-20-21-22(16)2/h4-10H,1-3H3,(H,18,23). The summed E-state index contributed by atoms with van der Waals surface area (Å²) in [5.74, 6) is 0.166. The van der Waals surface area contributed by atoms with E-state index in [2.05, 4.69) is 20.8 Å². The minimum absolute atomic E-state index is 0.143. The highest BCUT2D eigenvalue weighted by Gasteiger charge is 2.15. The van der Waals surface area contributed by atoms with Gasteiger partial charge in [0.15, 0.2) is 15.7 Å². The molecule has 0 aliphatic carbocycles. The number of anilines is 1. The van der Waals surface area contributed by atoms with Gasteiger partial charge in [-0.3, -0.25) is 4.79 Å². The van der Waals surface area contributed by atoms with Gasteiger partial charge in [0.2, 0.25) is 0 Å². The summed E-state index contributed by atoms with van der Waals surface area (Å²) in [6.07, 6.45) is 1.12. The van der Waals surface area contributed by atoms with Crippen LogP contribution in [0.1, 0.15) is 15.9 Å². The van der Waals surface area contributed by atoms with Gasteiger partial charge in [0.05, 0.1) is 4.90 Å². The predicted octanol–water partition coefficient (Wildman–Crippen LogP) is 1.84. The number of amides is 1. The van der Waals surface area contributed by atoms with Crippen LogP contribution < -0.4 is 5.32 Å². The minimum atomic E-state index is -3.41. The lowest BCUT2D eigenvalue weighted by atomic mass is 10.1. The summed E-state index contributed by atoms with van der Waals surface area (Å²) in [5.41, 5.74) is 2.16. The van der Waals surface area contributed by atoms with E-state index in [-0.39, 0.29) is 10.5 Å². The summed E-state index contributed by atoms with van der Waals surface area (Å²) in [5, 5.41) is 14.1. The molecule has 3 rings (SSSR count). The second-order valence-electron chi connectivity index (χ2n) is 5.91. The molecule has 0 radical (unpaired) electrons. The zero-order chi connectivity index (χ0) is 18.9. The highest BCUT2D eigenvalue weighted by molar-refractivity contribution is 7.90. The first-order valence-corrected chi connectivity index (χ1v) is 9.60. The van der Waals surface area contributed by atoms with E-state index >= 15 is 0 Å². The Labute approximate surface area is 150 Å². The molecule has 1 heterocycles. The molecule has 0 saturated heterocycles. The van der Waals surface area contributed by atoms with E-state index in [9.17, 15) is 13.2 Å². The number of tetrazole rings is 1. The highest BCUT2D eigenvalue weighted by Crippen LogP contribution is 2.21. The van der Waals surface area contributed by atoms with Crippen LogP contribution in [0.3, 0.4) is 0 Å². The highest BCUT2D eigenvalue weighted by atomic mass is 32.2. The first-order chi connectivity index (χ1) is 12.3. The molecule has 1 amide bonds. The fourth-order valence-corrected chi connectivity index (χ4v) is 3.55. The average Bonchev–Trinajstić information content (AvgIpc) is 3.00. The van der Waals surface area contributed by atoms with Gasteiger partial charge in [0, 0.05) is 30.1 Å². The number of nitrogens with zero attached hydrogens (tertiary/aromatic N) is 4. The number of benzene rings is 2. The van der Waals surface area contributed by atoms with Crippen molar-refractivity contribution in [1.82, 2.24) is 20.2 Å². The topological polar surface area (TPSA) is 107 Å². The molecule has 1 aromatic heterocycles. The second kappa shape index (κ2) is 6.68. The molecule has 0 aliphatic heterocycles. The van der Waals surface area contributed by atoms with Gasteiger partial charge in [0.25, 0.3) is 5.91 Å². The van der Waals surface area contributed by atoms with Gasteiger partial charge in [-0.15, -0.1) is 5.10 Å². The van der Waals surface area contributed by atoms with Crippen molar-refractivity contribution in [3.05, 3.63) is 53.6 Å². The number of nitrogens with one attached hydrogen (secondary N) is 1. The summed E-state index contributed by atoms with van der Waals surface area (Å²) in [4.78, 5) is 12.7. The van der Waals surface area contributed by atoms with Gasteiger partial charge in [-0.2, -0.15) is 0 Å². The Kier molecular flexibility index (Phi) is 4.56. The number of hydrogen-bond donors (Lipinski definition) is 1. The van der Waals surface area contributed by atoms with E-state index in [1.54, 1.807) is 44.3 Å². The summed E-state index contributed by atoms with van der Waals surface area (Å²) in [7, 11) is -1.69. The van der Waals surface area contributed by atoms with Crippen LogP contribution >= 0.6 is 0 Å². The molecular formula is C17H17N5O3S. The van der Waals surface area contributed by atoms with Gasteiger partial charge in [-0.1, -0.05) is 18.2 Å². The van der Waals surface area contributed by atoms with Crippen LogP contribution in [0.4, 0.5) is 5.69 Å². The van der Waals surface area contributed by atoms with Crippen molar-refractivity contribution in [3.63, 3.8) is 0 Å². The number of carbonyl (C=O) groups excluding carboxylic acids is 1. The number of aryl methyl sites for hydroxylation is 2. The SMILES string of the molecule is Cc1ccc(C(=O)Nc2cccc(-c3nnnn3C)c2)cc1S(C)(=O)=O. The quantitative estimate of drug-likeness (QED) is 0.750. The van der Waals surface area contributed by atoms with Gasteiger partial charge in [0.1, 0.15) is 0 Å². The molecule has 0 aliphatic rings. The molecule has 8 nitrogen and oxygen atoms in total. The number of aromatic nitrogens is 4. The summed E-state index contributed by atoms with van der Waals surface area (Å²) < 4.78 is 25.2. The van der Waals surface area contributed by atoms with Crippen molar-refractivity contribution in [2.45, 2.75) is 11.8 Å². The van der Waals surface area contributed by atoms with E-state index in [1.165, 1.54) is 10.7 Å². The van der Waals surface area contributed by atoms with Crippen LogP contribution in [0.15, 0.2) is 47.4 Å². The molecule has 2 aromatic carbocycles. The fourth-order valence-electron chi connectivity index (χ4n) is 2.55. The molecular weight excluding hydrogens is 354 g/mol. The van der Waals surface area contributed by atoms with E-state index in [4.69, 9.17) is 0 Å². The van der Waals surface area contributed by atoms with Crippen LogP contribution in [-0.2, 0) is 16.9 Å². The Bertz CT molecular complexity index is 1090. The molecule has 0 saturated carbocycles. The Balaban J connectivity index is 1.89. The third-order valence-corrected chi connectivity index (χ3v) is 5.09. The number of carbonyl (C=O) groups is 1. The molecule has 0 unspecified atom stereocenters.